The summed E-state index contributed by atoms with van der Waals surface area (Å²) in [5, 5.41) is 0. The van der Waals surface area contributed by atoms with Crippen molar-refractivity contribution in [1.82, 2.24) is 4.90 Å². The summed E-state index contributed by atoms with van der Waals surface area (Å²) in [5.74, 6) is -0.336. The molecule has 1 rings (SSSR count). The zero-order valence-corrected chi connectivity index (χ0v) is 13.0. The number of unbranched alkanes of at least 4 members (excludes halogenated alkanes) is 5. The summed E-state index contributed by atoms with van der Waals surface area (Å²) < 4.78 is 5.12. The van der Waals surface area contributed by atoms with Crippen LogP contribution in [0.25, 0.3) is 0 Å². The third kappa shape index (κ3) is 5.93. The van der Waals surface area contributed by atoms with Gasteiger partial charge in [-0.25, -0.2) is 0 Å². The zero-order valence-electron chi connectivity index (χ0n) is 13.0. The van der Waals surface area contributed by atoms with E-state index in [1.54, 1.807) is 0 Å². The van der Waals surface area contributed by atoms with Crippen LogP contribution in [0.2, 0.25) is 0 Å². The lowest BCUT2D eigenvalue weighted by molar-refractivity contribution is -0.148. The van der Waals surface area contributed by atoms with Crippen LogP contribution in [0.3, 0.4) is 0 Å². The van der Waals surface area contributed by atoms with Crippen molar-refractivity contribution in [3.05, 3.63) is 0 Å². The van der Waals surface area contributed by atoms with Crippen molar-refractivity contribution in [3.63, 3.8) is 0 Å². The number of carbonyl (C=O) groups is 2. The molecule has 1 atom stereocenters. The van der Waals surface area contributed by atoms with Crippen molar-refractivity contribution < 1.29 is 14.3 Å². The van der Waals surface area contributed by atoms with E-state index in [1.807, 2.05) is 11.8 Å². The first-order valence-corrected chi connectivity index (χ1v) is 8.13. The molecule has 0 bridgehead atoms. The third-order valence-electron chi connectivity index (χ3n) is 3.78. The number of rotatable bonds is 10. The van der Waals surface area contributed by atoms with Crippen LogP contribution in [0.5, 0.6) is 0 Å². The Morgan fingerprint density at radius 1 is 1.15 bits per heavy atom. The average Bonchev–Trinajstić information content (AvgIpc) is 2.81. The molecule has 0 aromatic carbocycles. The number of esters is 1. The molecule has 0 saturated carbocycles. The van der Waals surface area contributed by atoms with E-state index < -0.39 is 0 Å². The van der Waals surface area contributed by atoms with Crippen LogP contribution in [0.4, 0.5) is 0 Å². The molecule has 116 valence electrons. The quantitative estimate of drug-likeness (QED) is 0.457. The Kier molecular flexibility index (Phi) is 8.31. The number of amides is 1. The topological polar surface area (TPSA) is 46.6 Å². The van der Waals surface area contributed by atoms with Gasteiger partial charge in [-0.15, -0.1) is 0 Å². The molecule has 0 aromatic heterocycles. The smallest absolute Gasteiger partial charge is 0.311 e. The van der Waals surface area contributed by atoms with Crippen LogP contribution in [-0.4, -0.2) is 36.5 Å². The first-order valence-electron chi connectivity index (χ1n) is 8.13. The molecule has 0 aromatic rings. The number of hydrogen-bond acceptors (Lipinski definition) is 3. The number of ether oxygens (including phenoxy) is 1. The summed E-state index contributed by atoms with van der Waals surface area (Å²) >= 11 is 0. The van der Waals surface area contributed by atoms with Crippen molar-refractivity contribution in [2.45, 2.75) is 65.2 Å². The molecule has 1 aliphatic heterocycles. The van der Waals surface area contributed by atoms with Gasteiger partial charge in [0.05, 0.1) is 12.5 Å². The highest BCUT2D eigenvalue weighted by Gasteiger charge is 2.34. The normalized spacial score (nSPS) is 18.6. The Morgan fingerprint density at radius 3 is 2.55 bits per heavy atom. The molecule has 1 unspecified atom stereocenters. The van der Waals surface area contributed by atoms with Crippen LogP contribution in [0.15, 0.2) is 0 Å². The second kappa shape index (κ2) is 9.78. The lowest BCUT2D eigenvalue weighted by atomic mass is 10.1. The third-order valence-corrected chi connectivity index (χ3v) is 3.78. The van der Waals surface area contributed by atoms with Crippen LogP contribution in [0.1, 0.15) is 65.2 Å². The molecule has 1 heterocycles. The highest BCUT2D eigenvalue weighted by Crippen LogP contribution is 2.20. The van der Waals surface area contributed by atoms with Crippen molar-refractivity contribution in [1.29, 1.82) is 0 Å². The summed E-state index contributed by atoms with van der Waals surface area (Å²) in [7, 11) is 0. The highest BCUT2D eigenvalue weighted by atomic mass is 16.5. The van der Waals surface area contributed by atoms with Crippen molar-refractivity contribution >= 4 is 11.9 Å². The van der Waals surface area contributed by atoms with E-state index >= 15 is 0 Å². The van der Waals surface area contributed by atoms with Gasteiger partial charge < -0.3 is 9.64 Å². The molecule has 1 saturated heterocycles. The van der Waals surface area contributed by atoms with Gasteiger partial charge in [-0.2, -0.15) is 0 Å². The van der Waals surface area contributed by atoms with Gasteiger partial charge in [-0.1, -0.05) is 46.0 Å². The van der Waals surface area contributed by atoms with Gasteiger partial charge in [0.1, 0.15) is 0 Å². The maximum absolute atomic E-state index is 11.8. The predicted octanol–water partition coefficient (Wildman–Crippen LogP) is 3.15. The van der Waals surface area contributed by atoms with Gasteiger partial charge >= 0.3 is 5.97 Å². The average molecular weight is 283 g/mol. The largest absolute Gasteiger partial charge is 0.465 e. The maximum atomic E-state index is 11.8. The van der Waals surface area contributed by atoms with E-state index in [0.29, 0.717) is 19.6 Å². The molecule has 4 heteroatoms. The molecule has 4 nitrogen and oxygen atoms in total. The van der Waals surface area contributed by atoms with E-state index in [1.165, 1.54) is 32.1 Å². The van der Waals surface area contributed by atoms with Crippen LogP contribution >= 0.6 is 0 Å². The fourth-order valence-electron chi connectivity index (χ4n) is 2.55. The van der Waals surface area contributed by atoms with E-state index in [9.17, 15) is 9.59 Å². The minimum atomic E-state index is -0.242. The molecule has 20 heavy (non-hydrogen) atoms. The first kappa shape index (κ1) is 17.0. The molecular weight excluding hydrogens is 254 g/mol. The second-order valence-electron chi connectivity index (χ2n) is 5.68. The molecule has 0 spiro atoms. The lowest BCUT2D eigenvalue weighted by Crippen LogP contribution is -2.27. The standard InChI is InChI=1S/C16H29NO3/c1-3-5-6-7-8-9-10-17-13-14(12-15(17)18)16(19)20-11-4-2/h14H,3-13H2,1-2H3. The van der Waals surface area contributed by atoms with Crippen molar-refractivity contribution in [3.8, 4) is 0 Å². The van der Waals surface area contributed by atoms with Gasteiger partial charge in [0.2, 0.25) is 5.91 Å². The van der Waals surface area contributed by atoms with Crippen LogP contribution < -0.4 is 0 Å². The molecule has 1 fully saturated rings. The monoisotopic (exact) mass is 283 g/mol. The van der Waals surface area contributed by atoms with E-state index in [2.05, 4.69) is 6.92 Å². The van der Waals surface area contributed by atoms with Crippen molar-refractivity contribution in [2.75, 3.05) is 19.7 Å². The molecule has 1 aliphatic rings. The maximum Gasteiger partial charge on any atom is 0.311 e. The molecule has 1 amide bonds. The summed E-state index contributed by atoms with van der Waals surface area (Å²) in [6.07, 6.45) is 8.47. The summed E-state index contributed by atoms with van der Waals surface area (Å²) in [5.41, 5.74) is 0. The number of nitrogens with zero attached hydrogens (tertiary/aromatic N) is 1. The number of carbonyl (C=O) groups excluding carboxylic acids is 2. The van der Waals surface area contributed by atoms with E-state index in [4.69, 9.17) is 4.74 Å². The Hall–Kier alpha value is -1.06. The predicted molar refractivity (Wildman–Crippen MR) is 79.3 cm³/mol. The summed E-state index contributed by atoms with van der Waals surface area (Å²) in [4.78, 5) is 25.4. The van der Waals surface area contributed by atoms with E-state index in [0.717, 1.165) is 19.4 Å². The first-order chi connectivity index (χ1) is 9.69. The fraction of sp³-hybridized carbons (Fsp3) is 0.875. The van der Waals surface area contributed by atoms with Gasteiger partial charge in [-0.3, -0.25) is 9.59 Å². The van der Waals surface area contributed by atoms with Gasteiger partial charge in [0.15, 0.2) is 0 Å². The lowest BCUT2D eigenvalue weighted by Gasteiger charge is -2.16. The fourth-order valence-corrected chi connectivity index (χ4v) is 2.55. The van der Waals surface area contributed by atoms with Gasteiger partial charge in [-0.05, 0) is 12.8 Å². The number of likely N-dealkylation sites (tertiary alicyclic amines) is 1. The molecule has 0 N–H and O–H groups in total. The van der Waals surface area contributed by atoms with E-state index in [-0.39, 0.29) is 17.8 Å². The minimum Gasteiger partial charge on any atom is -0.465 e. The summed E-state index contributed by atoms with van der Waals surface area (Å²) in [6.45, 7) is 5.98. The molecular formula is C16H29NO3. The second-order valence-corrected chi connectivity index (χ2v) is 5.68. The van der Waals surface area contributed by atoms with Crippen molar-refractivity contribution in [2.24, 2.45) is 5.92 Å². The van der Waals surface area contributed by atoms with Crippen LogP contribution in [0, 0.1) is 5.92 Å². The van der Waals surface area contributed by atoms with Crippen LogP contribution in [-0.2, 0) is 14.3 Å². The Labute approximate surface area is 122 Å². The summed E-state index contributed by atoms with van der Waals surface area (Å²) in [6, 6.07) is 0. The SMILES string of the molecule is CCCCCCCCN1CC(C(=O)OCCC)CC1=O. The highest BCUT2D eigenvalue weighted by molar-refractivity contribution is 5.86. The minimum absolute atomic E-state index is 0.108. The molecule has 0 radical (unpaired) electrons. The Balaban J connectivity index is 2.17. The number of hydrogen-bond donors (Lipinski definition) is 0. The Morgan fingerprint density at radius 2 is 1.85 bits per heavy atom. The zero-order chi connectivity index (χ0) is 14.8. The molecule has 0 aliphatic carbocycles. The Bertz CT molecular complexity index is 304. The van der Waals surface area contributed by atoms with Gasteiger partial charge in [0, 0.05) is 19.5 Å². The van der Waals surface area contributed by atoms with Gasteiger partial charge in [0.25, 0.3) is 0 Å².